The molecule has 1 aromatic heterocycles. The number of nitrogens with zero attached hydrogens (tertiary/aromatic N) is 4. The number of aromatic amines is 1. The molecule has 0 aliphatic carbocycles. The Balaban J connectivity index is 1.31. The van der Waals surface area contributed by atoms with Crippen molar-refractivity contribution in [3.05, 3.63) is 101 Å². The van der Waals surface area contributed by atoms with E-state index in [4.69, 9.17) is 9.98 Å². The summed E-state index contributed by atoms with van der Waals surface area (Å²) in [6.07, 6.45) is 15.5. The first-order valence-corrected chi connectivity index (χ1v) is 21.4. The number of amides is 1. The van der Waals surface area contributed by atoms with Crippen molar-refractivity contribution >= 4 is 50.4 Å². The van der Waals surface area contributed by atoms with Crippen LogP contribution in [0.5, 0.6) is 0 Å². The van der Waals surface area contributed by atoms with Crippen molar-refractivity contribution in [2.24, 2.45) is 9.98 Å². The number of hydrogen-bond acceptors (Lipinski definition) is 6. The van der Waals surface area contributed by atoms with E-state index < -0.39 is 15.9 Å². The molecule has 0 bridgehead atoms. The second-order valence-corrected chi connectivity index (χ2v) is 16.4. The predicted molar refractivity (Wildman–Crippen MR) is 222 cm³/mol. The summed E-state index contributed by atoms with van der Waals surface area (Å²) >= 11 is 0. The smallest absolute Gasteiger partial charge is 0.278 e. The number of aryl methyl sites for hydroxylation is 2. The first-order chi connectivity index (χ1) is 26.3. The molecule has 0 spiro atoms. The highest BCUT2D eigenvalue weighted by atomic mass is 32.2. The highest BCUT2D eigenvalue weighted by molar-refractivity contribution is 7.90. The zero-order valence-electron chi connectivity index (χ0n) is 32.2. The van der Waals surface area contributed by atoms with E-state index in [1.165, 1.54) is 65.7 Å². The lowest BCUT2D eigenvalue weighted by molar-refractivity contribution is -0.110. The number of anilines is 2. The Labute approximate surface area is 322 Å². The van der Waals surface area contributed by atoms with Gasteiger partial charge in [-0.1, -0.05) is 107 Å². The van der Waals surface area contributed by atoms with Gasteiger partial charge in [-0.2, -0.15) is 0 Å². The normalized spacial score (nSPS) is 15.1. The zero-order valence-corrected chi connectivity index (χ0v) is 33.1. The first kappa shape index (κ1) is 39.0. The van der Waals surface area contributed by atoms with Crippen LogP contribution in [0.1, 0.15) is 107 Å². The number of H-pyrrole nitrogens is 1. The third kappa shape index (κ3) is 9.50. The van der Waals surface area contributed by atoms with Crippen molar-refractivity contribution in [2.75, 3.05) is 29.9 Å². The minimum atomic E-state index is -4.01. The fourth-order valence-corrected chi connectivity index (χ4v) is 9.04. The molecular formula is C44H56N6O3S. The number of carbonyl (C=O) groups is 1. The number of fused-ring (bicyclic) bond motifs is 2. The number of nitrogens with one attached hydrogen (secondary N) is 2. The number of carbonyl (C=O) groups excluding carboxylic acids is 1. The van der Waals surface area contributed by atoms with Crippen LogP contribution in [0, 0.1) is 6.92 Å². The molecule has 1 amide bonds. The first-order valence-electron chi connectivity index (χ1n) is 20.0. The Kier molecular flexibility index (Phi) is 13.4. The van der Waals surface area contributed by atoms with Crippen LogP contribution in [0.25, 0.3) is 0 Å². The van der Waals surface area contributed by atoms with E-state index in [1.54, 1.807) is 6.20 Å². The molecule has 3 heterocycles. The maximum absolute atomic E-state index is 14.6. The van der Waals surface area contributed by atoms with E-state index in [9.17, 15) is 13.2 Å². The Morgan fingerprint density at radius 2 is 1.61 bits per heavy atom. The lowest BCUT2D eigenvalue weighted by Gasteiger charge is -2.30. The molecule has 2 aliphatic rings. The van der Waals surface area contributed by atoms with Gasteiger partial charge in [-0.25, -0.2) is 22.7 Å². The topological polar surface area (TPSA) is 110 Å². The van der Waals surface area contributed by atoms with Gasteiger partial charge in [0.15, 0.2) is 17.4 Å². The van der Waals surface area contributed by atoms with Gasteiger partial charge in [0.1, 0.15) is 4.90 Å². The quantitative estimate of drug-likeness (QED) is 0.0780. The van der Waals surface area contributed by atoms with E-state index in [0.29, 0.717) is 24.2 Å². The second-order valence-electron chi connectivity index (χ2n) is 14.6. The molecule has 4 aromatic rings. The molecule has 6 rings (SSSR count). The summed E-state index contributed by atoms with van der Waals surface area (Å²) in [4.78, 5) is 29.8. The summed E-state index contributed by atoms with van der Waals surface area (Å²) in [5, 5.41) is 3.12. The summed E-state index contributed by atoms with van der Waals surface area (Å²) in [6.45, 7) is 8.46. The minimum Gasteiger partial charge on any atom is -0.372 e. The highest BCUT2D eigenvalue weighted by Crippen LogP contribution is 2.34. The number of amidine groups is 1. The zero-order chi connectivity index (χ0) is 37.9. The monoisotopic (exact) mass is 748 g/mol. The van der Waals surface area contributed by atoms with Crippen molar-refractivity contribution in [1.82, 2.24) is 9.29 Å². The van der Waals surface area contributed by atoms with Crippen LogP contribution in [-0.4, -0.2) is 54.8 Å². The Morgan fingerprint density at radius 1 is 0.870 bits per heavy atom. The van der Waals surface area contributed by atoms with Gasteiger partial charge in [0.2, 0.25) is 0 Å². The van der Waals surface area contributed by atoms with E-state index in [1.807, 2.05) is 49.4 Å². The number of aromatic nitrogens is 1. The largest absolute Gasteiger partial charge is 0.372 e. The lowest BCUT2D eigenvalue weighted by Crippen LogP contribution is -2.47. The van der Waals surface area contributed by atoms with Crippen molar-refractivity contribution in [2.45, 2.75) is 109 Å². The van der Waals surface area contributed by atoms with Crippen LogP contribution in [0.15, 0.2) is 93.9 Å². The molecule has 0 saturated heterocycles. The average Bonchev–Trinajstić information content (AvgIpc) is 3.67. The van der Waals surface area contributed by atoms with E-state index >= 15 is 0 Å². The van der Waals surface area contributed by atoms with Gasteiger partial charge >= 0.3 is 0 Å². The third-order valence-corrected chi connectivity index (χ3v) is 12.4. The van der Waals surface area contributed by atoms with Gasteiger partial charge in [-0.15, -0.1) is 0 Å². The Hall–Kier alpha value is -4.70. The number of sulfonamides is 1. The van der Waals surface area contributed by atoms with Crippen LogP contribution in [0.4, 0.5) is 22.9 Å². The number of aliphatic imine (C=N–C) groups is 2. The molecule has 9 nitrogen and oxygen atoms in total. The molecule has 10 heteroatoms. The van der Waals surface area contributed by atoms with Crippen LogP contribution in [0.2, 0.25) is 0 Å². The lowest BCUT2D eigenvalue weighted by atomic mass is 10.0. The molecule has 286 valence electrons. The number of rotatable bonds is 18. The van der Waals surface area contributed by atoms with E-state index in [2.05, 4.69) is 53.3 Å². The predicted octanol–water partition coefficient (Wildman–Crippen LogP) is 10.1. The van der Waals surface area contributed by atoms with E-state index in [0.717, 1.165) is 56.3 Å². The number of hydrogen-bond donors (Lipinski definition) is 2. The maximum atomic E-state index is 14.6. The molecular weight excluding hydrogens is 693 g/mol. The molecule has 54 heavy (non-hydrogen) atoms. The Bertz CT molecular complexity index is 2050. The van der Waals surface area contributed by atoms with Crippen LogP contribution in [0.3, 0.4) is 0 Å². The van der Waals surface area contributed by atoms with Gasteiger partial charge in [0.05, 0.1) is 5.69 Å². The number of benzene rings is 3. The molecule has 2 N–H and O–H groups in total. The van der Waals surface area contributed by atoms with Crippen LogP contribution >= 0.6 is 0 Å². The fourth-order valence-electron chi connectivity index (χ4n) is 7.49. The maximum Gasteiger partial charge on any atom is 0.278 e. The molecule has 0 unspecified atom stereocenters. The molecule has 3 aromatic carbocycles. The summed E-state index contributed by atoms with van der Waals surface area (Å²) in [5.74, 6) is -0.279. The number of unbranched alkanes of at least 4 members (excludes halogenated alkanes) is 9. The summed E-state index contributed by atoms with van der Waals surface area (Å²) in [7, 11) is -4.01. The van der Waals surface area contributed by atoms with Gasteiger partial charge in [-0.3, -0.25) is 4.79 Å². The van der Waals surface area contributed by atoms with Gasteiger partial charge in [0.25, 0.3) is 15.9 Å². The third-order valence-electron chi connectivity index (χ3n) is 10.6. The summed E-state index contributed by atoms with van der Waals surface area (Å²) in [6, 6.07) is 23.8. The Morgan fingerprint density at radius 3 is 2.35 bits per heavy atom. The van der Waals surface area contributed by atoms with Gasteiger partial charge in [-0.05, 0) is 92.1 Å². The van der Waals surface area contributed by atoms with Crippen molar-refractivity contribution in [1.29, 1.82) is 0 Å². The minimum absolute atomic E-state index is 0.0318. The van der Waals surface area contributed by atoms with Crippen LogP contribution in [-0.2, 0) is 27.7 Å². The summed E-state index contributed by atoms with van der Waals surface area (Å²) in [5.41, 5.74) is 6.64. The van der Waals surface area contributed by atoms with Crippen molar-refractivity contribution in [3.8, 4) is 0 Å². The fraction of sp³-hybridized carbons (Fsp3) is 0.432. The SMILES string of the molecule is CCCCCCCCCCCCN1C(C(=Nc2ccc3c(c2)CCCN3CC)C(=O)Nc2cc(Cc3ccccc3)ccc2C)=Nc2[nH]ccc2S1(=O)=O. The second kappa shape index (κ2) is 18.6. The standard InChI is InChI=1S/C44H56N6O3S/c1-4-6-7-8-9-10-11-12-13-17-29-50-43(48-42-40(26-27-45-42)54(50,52)53)41(46-37-24-25-39-36(32-37)21-18-28-49(39)5-2)44(51)47-38-31-35(23-22-33(38)3)30-34-19-15-14-16-20-34/h14-16,19-20,22-27,31-32,45H,4-13,17-18,21,28-30H2,1-3H3,(H,47,51). The van der Waals surface area contributed by atoms with Gasteiger partial charge < -0.3 is 15.2 Å². The summed E-state index contributed by atoms with van der Waals surface area (Å²) < 4.78 is 29.8. The van der Waals surface area contributed by atoms with Crippen molar-refractivity contribution in [3.63, 3.8) is 0 Å². The molecule has 0 atom stereocenters. The molecule has 0 saturated carbocycles. The molecule has 0 radical (unpaired) electrons. The van der Waals surface area contributed by atoms with Gasteiger partial charge in [0, 0.05) is 37.2 Å². The van der Waals surface area contributed by atoms with Crippen LogP contribution < -0.4 is 10.2 Å². The highest BCUT2D eigenvalue weighted by Gasteiger charge is 2.39. The molecule has 0 fully saturated rings. The average molecular weight is 749 g/mol. The molecule has 2 aliphatic heterocycles. The van der Waals surface area contributed by atoms with E-state index in [-0.39, 0.29) is 28.8 Å². The van der Waals surface area contributed by atoms with Crippen molar-refractivity contribution < 1.29 is 13.2 Å².